The highest BCUT2D eigenvalue weighted by atomic mass is 16.5. The largest absolute Gasteiger partial charge is 0.395 e. The first-order valence-corrected chi connectivity index (χ1v) is 6.82. The summed E-state index contributed by atoms with van der Waals surface area (Å²) in [7, 11) is 0. The Balaban J connectivity index is 2.00. The summed E-state index contributed by atoms with van der Waals surface area (Å²) in [6.45, 7) is 2.19. The van der Waals surface area contributed by atoms with E-state index in [1.54, 1.807) is 4.90 Å². The molecule has 1 heterocycles. The van der Waals surface area contributed by atoms with E-state index >= 15 is 0 Å². The lowest BCUT2D eigenvalue weighted by Crippen LogP contribution is -2.40. The summed E-state index contributed by atoms with van der Waals surface area (Å²) in [5.41, 5.74) is 1.08. The molecule has 1 aromatic carbocycles. The van der Waals surface area contributed by atoms with Crippen LogP contribution in [0.15, 0.2) is 30.3 Å². The van der Waals surface area contributed by atoms with E-state index in [1.165, 1.54) is 0 Å². The Morgan fingerprint density at radius 2 is 2.16 bits per heavy atom. The average molecular weight is 263 g/mol. The van der Waals surface area contributed by atoms with Gasteiger partial charge in [-0.05, 0) is 18.4 Å². The van der Waals surface area contributed by atoms with Gasteiger partial charge in [0.25, 0.3) is 0 Å². The monoisotopic (exact) mass is 263 g/mol. The first-order valence-electron chi connectivity index (χ1n) is 6.82. The van der Waals surface area contributed by atoms with Crippen LogP contribution in [0.2, 0.25) is 0 Å². The van der Waals surface area contributed by atoms with E-state index in [1.807, 2.05) is 30.3 Å². The number of aliphatic hydroxyl groups excluding tert-OH is 1. The molecule has 1 aliphatic heterocycles. The van der Waals surface area contributed by atoms with E-state index in [9.17, 15) is 4.79 Å². The first kappa shape index (κ1) is 14.0. The molecule has 1 N–H and O–H groups in total. The Kier molecular flexibility index (Phi) is 5.36. The minimum atomic E-state index is -0.0518. The second-order valence-electron chi connectivity index (χ2n) is 4.88. The molecule has 1 aromatic rings. The van der Waals surface area contributed by atoms with Crippen molar-refractivity contribution < 1.29 is 14.6 Å². The van der Waals surface area contributed by atoms with Gasteiger partial charge in [0.05, 0.1) is 19.1 Å². The number of nitrogens with zero attached hydrogens (tertiary/aromatic N) is 1. The highest BCUT2D eigenvalue weighted by Gasteiger charge is 2.26. The minimum Gasteiger partial charge on any atom is -0.395 e. The third kappa shape index (κ3) is 4.04. The zero-order valence-corrected chi connectivity index (χ0v) is 11.1. The molecular weight excluding hydrogens is 242 g/mol. The fraction of sp³-hybridized carbons (Fsp3) is 0.533. The van der Waals surface area contributed by atoms with Gasteiger partial charge in [-0.1, -0.05) is 30.3 Å². The van der Waals surface area contributed by atoms with Gasteiger partial charge >= 0.3 is 0 Å². The van der Waals surface area contributed by atoms with Crippen molar-refractivity contribution in [3.63, 3.8) is 0 Å². The Morgan fingerprint density at radius 1 is 1.37 bits per heavy atom. The Morgan fingerprint density at radius 3 is 2.79 bits per heavy atom. The highest BCUT2D eigenvalue weighted by molar-refractivity contribution is 5.79. The molecule has 1 amide bonds. The number of aliphatic hydroxyl groups is 1. The van der Waals surface area contributed by atoms with Crippen molar-refractivity contribution in [3.8, 4) is 0 Å². The summed E-state index contributed by atoms with van der Waals surface area (Å²) in [5.74, 6) is 0.0432. The van der Waals surface area contributed by atoms with E-state index < -0.39 is 0 Å². The van der Waals surface area contributed by atoms with Crippen LogP contribution < -0.4 is 0 Å². The van der Waals surface area contributed by atoms with Gasteiger partial charge in [-0.25, -0.2) is 0 Å². The van der Waals surface area contributed by atoms with Crippen LogP contribution in [0.25, 0.3) is 0 Å². The molecule has 1 atom stereocenters. The van der Waals surface area contributed by atoms with Gasteiger partial charge in [0.2, 0.25) is 5.91 Å². The molecular formula is C15H21NO3. The number of amides is 1. The molecule has 1 unspecified atom stereocenters. The second-order valence-corrected chi connectivity index (χ2v) is 4.88. The lowest BCUT2D eigenvalue weighted by atomic mass is 10.0. The summed E-state index contributed by atoms with van der Waals surface area (Å²) in [6, 6.07) is 9.86. The Bertz CT molecular complexity index is 388. The molecule has 104 valence electrons. The number of carbonyl (C=O) groups excluding carboxylic acids is 1. The van der Waals surface area contributed by atoms with Crippen LogP contribution in [0.4, 0.5) is 0 Å². The van der Waals surface area contributed by atoms with Crippen molar-refractivity contribution in [1.29, 1.82) is 0 Å². The zero-order valence-electron chi connectivity index (χ0n) is 11.1. The zero-order chi connectivity index (χ0) is 13.5. The predicted octanol–water partition coefficient (Wildman–Crippen LogP) is 1.43. The lowest BCUT2D eigenvalue weighted by Gasteiger charge is -2.29. The molecule has 0 aromatic heterocycles. The van der Waals surface area contributed by atoms with Crippen LogP contribution in [0.1, 0.15) is 18.4 Å². The van der Waals surface area contributed by atoms with E-state index in [4.69, 9.17) is 9.84 Å². The van der Waals surface area contributed by atoms with E-state index in [0.29, 0.717) is 19.7 Å². The smallest absolute Gasteiger partial charge is 0.228 e. The van der Waals surface area contributed by atoms with Crippen LogP contribution in [0, 0.1) is 5.92 Å². The normalized spacial score (nSPS) is 19.1. The SMILES string of the molecule is O=C(C1CCCOC1)N(CCO)Cc1ccccc1. The molecule has 0 spiro atoms. The van der Waals surface area contributed by atoms with Gasteiger partial charge in [0.15, 0.2) is 0 Å². The van der Waals surface area contributed by atoms with Crippen LogP contribution >= 0.6 is 0 Å². The number of hydrogen-bond donors (Lipinski definition) is 1. The molecule has 2 rings (SSSR count). The third-order valence-electron chi connectivity index (χ3n) is 3.41. The molecule has 0 saturated carbocycles. The van der Waals surface area contributed by atoms with Gasteiger partial charge in [-0.3, -0.25) is 4.79 Å². The summed E-state index contributed by atoms with van der Waals surface area (Å²) in [6.07, 6.45) is 1.82. The molecule has 1 fully saturated rings. The van der Waals surface area contributed by atoms with Crippen LogP contribution in [0.5, 0.6) is 0 Å². The number of ether oxygens (including phenoxy) is 1. The van der Waals surface area contributed by atoms with Crippen molar-refractivity contribution in [3.05, 3.63) is 35.9 Å². The highest BCUT2D eigenvalue weighted by Crippen LogP contribution is 2.17. The van der Waals surface area contributed by atoms with Crippen molar-refractivity contribution in [1.82, 2.24) is 4.90 Å². The molecule has 0 bridgehead atoms. The molecule has 0 aliphatic carbocycles. The number of benzene rings is 1. The fourth-order valence-electron chi connectivity index (χ4n) is 2.39. The summed E-state index contributed by atoms with van der Waals surface area (Å²) in [4.78, 5) is 14.2. The molecule has 19 heavy (non-hydrogen) atoms. The maximum Gasteiger partial charge on any atom is 0.228 e. The molecule has 4 heteroatoms. The van der Waals surface area contributed by atoms with Crippen molar-refractivity contribution in [2.75, 3.05) is 26.4 Å². The van der Waals surface area contributed by atoms with Crippen LogP contribution in [-0.4, -0.2) is 42.3 Å². The second kappa shape index (κ2) is 7.26. The quantitative estimate of drug-likeness (QED) is 0.874. The summed E-state index contributed by atoms with van der Waals surface area (Å²) < 4.78 is 5.37. The molecule has 0 radical (unpaired) electrons. The molecule has 1 saturated heterocycles. The predicted molar refractivity (Wildman–Crippen MR) is 72.5 cm³/mol. The lowest BCUT2D eigenvalue weighted by molar-refractivity contribution is -0.140. The number of carbonyl (C=O) groups is 1. The Labute approximate surface area is 114 Å². The summed E-state index contributed by atoms with van der Waals surface area (Å²) in [5, 5.41) is 9.14. The number of rotatable bonds is 5. The maximum atomic E-state index is 12.4. The van der Waals surface area contributed by atoms with Gasteiger partial charge < -0.3 is 14.7 Å². The fourth-order valence-corrected chi connectivity index (χ4v) is 2.39. The third-order valence-corrected chi connectivity index (χ3v) is 3.41. The average Bonchev–Trinajstić information content (AvgIpc) is 2.48. The molecule has 1 aliphatic rings. The van der Waals surface area contributed by atoms with E-state index in [-0.39, 0.29) is 18.4 Å². The van der Waals surface area contributed by atoms with Crippen molar-refractivity contribution >= 4 is 5.91 Å². The molecule has 4 nitrogen and oxygen atoms in total. The van der Waals surface area contributed by atoms with Gasteiger partial charge in [0, 0.05) is 19.7 Å². The van der Waals surface area contributed by atoms with Crippen LogP contribution in [0.3, 0.4) is 0 Å². The van der Waals surface area contributed by atoms with Gasteiger partial charge in [0.1, 0.15) is 0 Å². The topological polar surface area (TPSA) is 49.8 Å². The van der Waals surface area contributed by atoms with Gasteiger partial charge in [-0.2, -0.15) is 0 Å². The maximum absolute atomic E-state index is 12.4. The first-order chi connectivity index (χ1) is 9.31. The van der Waals surface area contributed by atoms with E-state index in [2.05, 4.69) is 0 Å². The number of hydrogen-bond acceptors (Lipinski definition) is 3. The van der Waals surface area contributed by atoms with E-state index in [0.717, 1.165) is 25.0 Å². The van der Waals surface area contributed by atoms with Crippen LogP contribution in [-0.2, 0) is 16.1 Å². The Hall–Kier alpha value is -1.39. The standard InChI is InChI=1S/C15H21NO3/c17-9-8-16(11-13-5-2-1-3-6-13)15(18)14-7-4-10-19-12-14/h1-3,5-6,14,17H,4,7-12H2. The van der Waals surface area contributed by atoms with Gasteiger partial charge in [-0.15, -0.1) is 0 Å². The van der Waals surface area contributed by atoms with Crippen molar-refractivity contribution in [2.24, 2.45) is 5.92 Å². The summed E-state index contributed by atoms with van der Waals surface area (Å²) >= 11 is 0. The van der Waals surface area contributed by atoms with Crippen molar-refractivity contribution in [2.45, 2.75) is 19.4 Å². The minimum absolute atomic E-state index is 0.00779.